The molecular formula is C12H16FN3O. The van der Waals surface area contributed by atoms with Crippen molar-refractivity contribution >= 4 is 5.91 Å². The van der Waals surface area contributed by atoms with E-state index >= 15 is 0 Å². The quantitative estimate of drug-likeness (QED) is 0.760. The molecule has 1 amide bonds. The minimum atomic E-state index is -0.636. The van der Waals surface area contributed by atoms with Crippen LogP contribution >= 0.6 is 0 Å². The van der Waals surface area contributed by atoms with Gasteiger partial charge in [-0.2, -0.15) is 4.39 Å². The Morgan fingerprint density at radius 3 is 2.71 bits per heavy atom. The summed E-state index contributed by atoms with van der Waals surface area (Å²) in [4.78, 5) is 15.3. The van der Waals surface area contributed by atoms with Gasteiger partial charge in [0.2, 0.25) is 5.95 Å². The number of hydrogen-bond acceptors (Lipinski definition) is 3. The van der Waals surface area contributed by atoms with Crippen molar-refractivity contribution in [3.63, 3.8) is 0 Å². The summed E-state index contributed by atoms with van der Waals surface area (Å²) in [5.74, 6) is -0.951. The summed E-state index contributed by atoms with van der Waals surface area (Å²) in [5, 5.41) is 2.86. The number of nitrogens with two attached hydrogens (primary N) is 1. The Morgan fingerprint density at radius 2 is 2.06 bits per heavy atom. The lowest BCUT2D eigenvalue weighted by molar-refractivity contribution is 0.0919. The predicted molar refractivity (Wildman–Crippen MR) is 61.9 cm³/mol. The zero-order valence-electron chi connectivity index (χ0n) is 9.53. The van der Waals surface area contributed by atoms with E-state index in [1.165, 1.54) is 18.2 Å². The molecule has 17 heavy (non-hydrogen) atoms. The van der Waals surface area contributed by atoms with Gasteiger partial charge in [-0.1, -0.05) is 6.07 Å². The summed E-state index contributed by atoms with van der Waals surface area (Å²) in [6.45, 7) is 0. The molecule has 1 saturated carbocycles. The Labute approximate surface area is 99.4 Å². The zero-order valence-corrected chi connectivity index (χ0v) is 9.53. The fraction of sp³-hybridized carbons (Fsp3) is 0.500. The van der Waals surface area contributed by atoms with Crippen molar-refractivity contribution in [2.75, 3.05) is 0 Å². The zero-order chi connectivity index (χ0) is 12.3. The molecule has 0 aliphatic heterocycles. The van der Waals surface area contributed by atoms with E-state index in [-0.39, 0.29) is 23.7 Å². The second-order valence-electron chi connectivity index (χ2n) is 4.43. The average Bonchev–Trinajstić information content (AvgIpc) is 2.32. The van der Waals surface area contributed by atoms with Gasteiger partial charge in [0.25, 0.3) is 5.91 Å². The van der Waals surface area contributed by atoms with Crippen LogP contribution in [0.4, 0.5) is 4.39 Å². The molecule has 1 heterocycles. The first-order chi connectivity index (χ1) is 8.15. The van der Waals surface area contributed by atoms with E-state index < -0.39 is 5.95 Å². The molecule has 0 atom stereocenters. The summed E-state index contributed by atoms with van der Waals surface area (Å²) < 4.78 is 12.8. The molecule has 1 aliphatic carbocycles. The van der Waals surface area contributed by atoms with Crippen molar-refractivity contribution in [2.24, 2.45) is 5.73 Å². The van der Waals surface area contributed by atoms with Crippen molar-refractivity contribution < 1.29 is 9.18 Å². The maximum absolute atomic E-state index is 12.8. The number of pyridine rings is 1. The molecular weight excluding hydrogens is 221 g/mol. The Balaban J connectivity index is 1.93. The van der Waals surface area contributed by atoms with E-state index in [4.69, 9.17) is 5.73 Å². The summed E-state index contributed by atoms with van der Waals surface area (Å²) in [6.07, 6.45) is 3.59. The highest BCUT2D eigenvalue weighted by molar-refractivity contribution is 5.92. The van der Waals surface area contributed by atoms with Gasteiger partial charge in [-0.15, -0.1) is 0 Å². The monoisotopic (exact) mass is 237 g/mol. The second-order valence-corrected chi connectivity index (χ2v) is 4.43. The van der Waals surface area contributed by atoms with Crippen LogP contribution in [0.3, 0.4) is 0 Å². The molecule has 1 aromatic heterocycles. The fourth-order valence-corrected chi connectivity index (χ4v) is 2.06. The average molecular weight is 237 g/mol. The number of carbonyl (C=O) groups excluding carboxylic acids is 1. The highest BCUT2D eigenvalue weighted by Crippen LogP contribution is 2.17. The molecule has 5 heteroatoms. The molecule has 0 aromatic carbocycles. The molecule has 1 aliphatic rings. The lowest BCUT2D eigenvalue weighted by Gasteiger charge is -2.26. The number of amides is 1. The van der Waals surface area contributed by atoms with Crippen LogP contribution in [0.2, 0.25) is 0 Å². The van der Waals surface area contributed by atoms with Gasteiger partial charge in [-0.25, -0.2) is 4.98 Å². The largest absolute Gasteiger partial charge is 0.348 e. The third-order valence-electron chi connectivity index (χ3n) is 3.05. The number of rotatable bonds is 2. The van der Waals surface area contributed by atoms with Crippen molar-refractivity contribution in [3.8, 4) is 0 Å². The van der Waals surface area contributed by atoms with Crippen LogP contribution in [0.25, 0.3) is 0 Å². The van der Waals surface area contributed by atoms with Crippen LogP contribution in [-0.4, -0.2) is 23.0 Å². The first-order valence-corrected chi connectivity index (χ1v) is 5.84. The Hall–Kier alpha value is -1.49. The number of nitrogens with zero attached hydrogens (tertiary/aromatic N) is 1. The highest BCUT2D eigenvalue weighted by atomic mass is 19.1. The number of halogens is 1. The SMILES string of the molecule is N[C@H]1CC[C@H](NC(=O)c2cccc(F)n2)CC1. The molecule has 3 N–H and O–H groups in total. The predicted octanol–water partition coefficient (Wildman–Crippen LogP) is 1.22. The van der Waals surface area contributed by atoms with Crippen LogP contribution in [0, 0.1) is 5.95 Å². The Morgan fingerprint density at radius 1 is 1.35 bits per heavy atom. The number of nitrogens with one attached hydrogen (secondary N) is 1. The van der Waals surface area contributed by atoms with Gasteiger partial charge >= 0.3 is 0 Å². The minimum Gasteiger partial charge on any atom is -0.348 e. The Bertz CT molecular complexity index is 402. The van der Waals surface area contributed by atoms with Crippen molar-refractivity contribution in [2.45, 2.75) is 37.8 Å². The van der Waals surface area contributed by atoms with Gasteiger partial charge in [-0.3, -0.25) is 4.79 Å². The highest BCUT2D eigenvalue weighted by Gasteiger charge is 2.20. The molecule has 92 valence electrons. The van der Waals surface area contributed by atoms with E-state index in [0.29, 0.717) is 0 Å². The fourth-order valence-electron chi connectivity index (χ4n) is 2.06. The molecule has 1 aromatic rings. The smallest absolute Gasteiger partial charge is 0.270 e. The molecule has 0 saturated heterocycles. The van der Waals surface area contributed by atoms with Gasteiger partial charge in [0.1, 0.15) is 5.69 Å². The molecule has 4 nitrogen and oxygen atoms in total. The van der Waals surface area contributed by atoms with E-state index in [0.717, 1.165) is 25.7 Å². The molecule has 0 unspecified atom stereocenters. The first kappa shape index (κ1) is 12.0. The number of carbonyl (C=O) groups is 1. The summed E-state index contributed by atoms with van der Waals surface area (Å²) in [7, 11) is 0. The molecule has 0 spiro atoms. The standard InChI is InChI=1S/C12H16FN3O/c13-11-3-1-2-10(16-11)12(17)15-9-6-4-8(14)5-7-9/h1-3,8-9H,4-7,14H2,(H,15,17)/t8-,9-. The van der Waals surface area contributed by atoms with E-state index in [1.807, 2.05) is 0 Å². The first-order valence-electron chi connectivity index (χ1n) is 5.84. The topological polar surface area (TPSA) is 68.0 Å². The minimum absolute atomic E-state index is 0.125. The van der Waals surface area contributed by atoms with Crippen LogP contribution in [0.15, 0.2) is 18.2 Å². The van der Waals surface area contributed by atoms with E-state index in [9.17, 15) is 9.18 Å². The maximum atomic E-state index is 12.8. The van der Waals surface area contributed by atoms with Crippen molar-refractivity contribution in [1.29, 1.82) is 0 Å². The lowest BCUT2D eigenvalue weighted by Crippen LogP contribution is -2.40. The Kier molecular flexibility index (Phi) is 3.68. The van der Waals surface area contributed by atoms with Gasteiger partial charge in [-0.05, 0) is 37.8 Å². The van der Waals surface area contributed by atoms with Gasteiger partial charge in [0.15, 0.2) is 0 Å². The summed E-state index contributed by atoms with van der Waals surface area (Å²) >= 11 is 0. The second kappa shape index (κ2) is 5.23. The summed E-state index contributed by atoms with van der Waals surface area (Å²) in [6, 6.07) is 4.58. The van der Waals surface area contributed by atoms with Crippen LogP contribution in [0.1, 0.15) is 36.2 Å². The third-order valence-corrected chi connectivity index (χ3v) is 3.05. The number of hydrogen-bond donors (Lipinski definition) is 2. The van der Waals surface area contributed by atoms with Gasteiger partial charge in [0, 0.05) is 12.1 Å². The molecule has 2 rings (SSSR count). The molecule has 1 fully saturated rings. The van der Waals surface area contributed by atoms with Crippen LogP contribution < -0.4 is 11.1 Å². The van der Waals surface area contributed by atoms with E-state index in [1.54, 1.807) is 0 Å². The maximum Gasteiger partial charge on any atom is 0.270 e. The van der Waals surface area contributed by atoms with Crippen LogP contribution in [0.5, 0.6) is 0 Å². The van der Waals surface area contributed by atoms with Crippen molar-refractivity contribution in [1.82, 2.24) is 10.3 Å². The van der Waals surface area contributed by atoms with Crippen molar-refractivity contribution in [3.05, 3.63) is 29.8 Å². The molecule has 0 radical (unpaired) electrons. The van der Waals surface area contributed by atoms with Gasteiger partial charge < -0.3 is 11.1 Å². The molecule has 0 bridgehead atoms. The van der Waals surface area contributed by atoms with Gasteiger partial charge in [0.05, 0.1) is 0 Å². The lowest BCUT2D eigenvalue weighted by atomic mass is 9.92. The third kappa shape index (κ3) is 3.23. The van der Waals surface area contributed by atoms with E-state index in [2.05, 4.69) is 10.3 Å². The summed E-state index contributed by atoms with van der Waals surface area (Å²) in [5.41, 5.74) is 5.91. The number of aromatic nitrogens is 1. The normalized spacial score (nSPS) is 24.4. The van der Waals surface area contributed by atoms with Crippen LogP contribution in [-0.2, 0) is 0 Å².